The minimum absolute atomic E-state index is 0.0130. The molecule has 5 nitrogen and oxygen atoms in total. The van der Waals surface area contributed by atoms with Crippen LogP contribution < -0.4 is 5.32 Å². The summed E-state index contributed by atoms with van der Waals surface area (Å²) >= 11 is 0. The van der Waals surface area contributed by atoms with Crippen molar-refractivity contribution >= 4 is 15.5 Å². The molecule has 0 amide bonds. The van der Waals surface area contributed by atoms with Gasteiger partial charge in [0.05, 0.1) is 23.3 Å². The number of sulfone groups is 1. The molecule has 2 atom stereocenters. The van der Waals surface area contributed by atoms with E-state index in [1.165, 1.54) is 12.6 Å². The summed E-state index contributed by atoms with van der Waals surface area (Å²) < 4.78 is 23.1. The molecule has 0 bridgehead atoms. The van der Waals surface area contributed by atoms with E-state index in [0.29, 0.717) is 0 Å². The summed E-state index contributed by atoms with van der Waals surface area (Å²) in [5.74, 6) is 0. The fourth-order valence-electron chi connectivity index (χ4n) is 2.19. The minimum atomic E-state index is -2.98. The van der Waals surface area contributed by atoms with Crippen LogP contribution in [0.15, 0.2) is 18.7 Å². The van der Waals surface area contributed by atoms with Crippen molar-refractivity contribution < 1.29 is 8.42 Å². The predicted octanol–water partition coefficient (Wildman–Crippen LogP) is 0.854. The van der Waals surface area contributed by atoms with Gasteiger partial charge in [0.1, 0.15) is 6.33 Å². The molecule has 6 heteroatoms. The highest BCUT2D eigenvalue weighted by Crippen LogP contribution is 2.27. The van der Waals surface area contributed by atoms with Crippen LogP contribution in [0.5, 0.6) is 0 Å². The molecule has 1 aromatic heterocycles. The van der Waals surface area contributed by atoms with E-state index >= 15 is 0 Å². The lowest BCUT2D eigenvalue weighted by molar-refractivity contribution is 0.579. The third-order valence-electron chi connectivity index (χ3n) is 2.92. The van der Waals surface area contributed by atoms with Crippen molar-refractivity contribution in [2.45, 2.75) is 30.6 Å². The molecular weight excluding hydrogens is 226 g/mol. The van der Waals surface area contributed by atoms with Crippen LogP contribution >= 0.6 is 0 Å². The van der Waals surface area contributed by atoms with Crippen molar-refractivity contribution in [3.05, 3.63) is 18.7 Å². The smallest absolute Gasteiger partial charge is 0.152 e. The molecule has 0 spiro atoms. The van der Waals surface area contributed by atoms with Crippen molar-refractivity contribution in [1.29, 1.82) is 0 Å². The second-order valence-electron chi connectivity index (χ2n) is 4.18. The van der Waals surface area contributed by atoms with E-state index in [2.05, 4.69) is 15.3 Å². The number of nitrogens with one attached hydrogen (secondary N) is 1. The van der Waals surface area contributed by atoms with Crippen LogP contribution in [-0.2, 0) is 9.84 Å². The zero-order valence-corrected chi connectivity index (χ0v) is 9.94. The van der Waals surface area contributed by atoms with Crippen molar-refractivity contribution in [3.8, 4) is 0 Å². The van der Waals surface area contributed by atoms with Gasteiger partial charge >= 0.3 is 0 Å². The van der Waals surface area contributed by atoms with Gasteiger partial charge in [0.2, 0.25) is 0 Å². The van der Waals surface area contributed by atoms with Gasteiger partial charge in [0.25, 0.3) is 0 Å². The van der Waals surface area contributed by atoms with Crippen molar-refractivity contribution in [1.82, 2.24) is 9.97 Å². The highest BCUT2D eigenvalue weighted by Gasteiger charge is 2.34. The molecule has 16 heavy (non-hydrogen) atoms. The maximum absolute atomic E-state index is 11.6. The summed E-state index contributed by atoms with van der Waals surface area (Å²) in [4.78, 5) is 7.78. The number of hydrogen-bond donors (Lipinski definition) is 1. The van der Waals surface area contributed by atoms with Crippen LogP contribution in [0.2, 0.25) is 0 Å². The Morgan fingerprint density at radius 2 is 2.00 bits per heavy atom. The molecule has 1 heterocycles. The summed E-state index contributed by atoms with van der Waals surface area (Å²) in [5, 5.41) is 2.91. The van der Waals surface area contributed by atoms with Gasteiger partial charge in [-0.2, -0.15) is 0 Å². The van der Waals surface area contributed by atoms with Crippen LogP contribution in [0, 0.1) is 0 Å². The van der Waals surface area contributed by atoms with Crippen LogP contribution in [0.4, 0.5) is 5.69 Å². The zero-order valence-electron chi connectivity index (χ0n) is 9.13. The highest BCUT2D eigenvalue weighted by atomic mass is 32.2. The molecule has 2 rings (SSSR count). The average molecular weight is 241 g/mol. The van der Waals surface area contributed by atoms with Gasteiger partial charge < -0.3 is 5.32 Å². The summed E-state index contributed by atoms with van der Waals surface area (Å²) in [6.45, 7) is 0. The molecule has 1 fully saturated rings. The Morgan fingerprint density at radius 3 is 2.62 bits per heavy atom. The van der Waals surface area contributed by atoms with Gasteiger partial charge in [-0.25, -0.2) is 18.4 Å². The molecule has 2 unspecified atom stereocenters. The fourth-order valence-corrected chi connectivity index (χ4v) is 3.59. The Bertz CT molecular complexity index is 446. The molecule has 0 radical (unpaired) electrons. The van der Waals surface area contributed by atoms with Crippen LogP contribution in [0.1, 0.15) is 19.3 Å². The summed E-state index contributed by atoms with van der Waals surface area (Å²) in [7, 11) is -2.98. The maximum Gasteiger partial charge on any atom is 0.152 e. The molecule has 1 saturated carbocycles. The van der Waals surface area contributed by atoms with E-state index in [0.717, 1.165) is 24.9 Å². The topological polar surface area (TPSA) is 72.0 Å². The second-order valence-corrected chi connectivity index (χ2v) is 6.44. The maximum atomic E-state index is 11.6. The van der Waals surface area contributed by atoms with E-state index < -0.39 is 9.84 Å². The number of rotatable bonds is 3. The Kier molecular flexibility index (Phi) is 3.09. The lowest BCUT2D eigenvalue weighted by Gasteiger charge is -2.20. The summed E-state index contributed by atoms with van der Waals surface area (Å²) in [5.41, 5.74) is 0.781. The Balaban J connectivity index is 2.11. The number of nitrogens with zero attached hydrogens (tertiary/aromatic N) is 2. The average Bonchev–Trinajstić information content (AvgIpc) is 2.67. The van der Waals surface area contributed by atoms with E-state index in [1.807, 2.05) is 0 Å². The van der Waals surface area contributed by atoms with Crippen LogP contribution in [-0.4, -0.2) is 35.9 Å². The van der Waals surface area contributed by atoms with Crippen molar-refractivity contribution in [2.24, 2.45) is 0 Å². The molecule has 1 aliphatic rings. The van der Waals surface area contributed by atoms with Gasteiger partial charge in [-0.15, -0.1) is 0 Å². The molecule has 1 aliphatic carbocycles. The molecule has 1 aromatic rings. The first-order valence-corrected chi connectivity index (χ1v) is 7.23. The van der Waals surface area contributed by atoms with Gasteiger partial charge in [-0.05, 0) is 19.3 Å². The molecule has 0 saturated heterocycles. The monoisotopic (exact) mass is 241 g/mol. The Morgan fingerprint density at radius 1 is 1.31 bits per heavy atom. The molecular formula is C10H15N3O2S. The number of hydrogen-bond acceptors (Lipinski definition) is 5. The summed E-state index contributed by atoms with van der Waals surface area (Å²) in [6, 6.07) is -0.0130. The van der Waals surface area contributed by atoms with E-state index in [9.17, 15) is 8.42 Å². The summed E-state index contributed by atoms with van der Waals surface area (Å²) in [6.07, 6.45) is 8.64. The standard InChI is InChI=1S/C10H15N3O2S/c1-16(14,15)10-4-2-3-9(10)13-8-5-11-7-12-6-8/h5-7,9-10,13H,2-4H2,1H3. The lowest BCUT2D eigenvalue weighted by atomic mass is 10.2. The zero-order chi connectivity index (χ0) is 11.6. The first kappa shape index (κ1) is 11.3. The Labute approximate surface area is 95.2 Å². The molecule has 88 valence electrons. The lowest BCUT2D eigenvalue weighted by Crippen LogP contribution is -2.34. The quantitative estimate of drug-likeness (QED) is 0.849. The van der Waals surface area contributed by atoms with Crippen LogP contribution in [0.3, 0.4) is 0 Å². The largest absolute Gasteiger partial charge is 0.379 e. The number of aromatic nitrogens is 2. The van der Waals surface area contributed by atoms with Gasteiger partial charge in [0.15, 0.2) is 9.84 Å². The first-order valence-electron chi connectivity index (χ1n) is 5.28. The minimum Gasteiger partial charge on any atom is -0.379 e. The van der Waals surface area contributed by atoms with Crippen molar-refractivity contribution in [3.63, 3.8) is 0 Å². The van der Waals surface area contributed by atoms with E-state index in [1.54, 1.807) is 12.4 Å². The normalized spacial score (nSPS) is 25.6. The van der Waals surface area contributed by atoms with Crippen LogP contribution in [0.25, 0.3) is 0 Å². The third-order valence-corrected chi connectivity index (χ3v) is 4.58. The molecule has 0 aliphatic heterocycles. The second kappa shape index (κ2) is 4.37. The first-order chi connectivity index (χ1) is 7.57. The van der Waals surface area contributed by atoms with E-state index in [-0.39, 0.29) is 11.3 Å². The van der Waals surface area contributed by atoms with Gasteiger partial charge in [-0.1, -0.05) is 0 Å². The fraction of sp³-hybridized carbons (Fsp3) is 0.600. The molecule has 1 N–H and O–H groups in total. The van der Waals surface area contributed by atoms with E-state index in [4.69, 9.17) is 0 Å². The van der Waals surface area contributed by atoms with Gasteiger partial charge in [0, 0.05) is 12.3 Å². The number of anilines is 1. The van der Waals surface area contributed by atoms with Crippen molar-refractivity contribution in [2.75, 3.05) is 11.6 Å². The Hall–Kier alpha value is -1.17. The highest BCUT2D eigenvalue weighted by molar-refractivity contribution is 7.91. The predicted molar refractivity (Wildman–Crippen MR) is 61.9 cm³/mol. The third kappa shape index (κ3) is 2.49. The SMILES string of the molecule is CS(=O)(=O)C1CCCC1Nc1cncnc1. The van der Waals surface area contributed by atoms with Gasteiger partial charge in [-0.3, -0.25) is 0 Å². The molecule has 0 aromatic carbocycles.